The Balaban J connectivity index is 1.69. The number of benzene rings is 2. The molecule has 0 saturated carbocycles. The van der Waals surface area contributed by atoms with Crippen molar-refractivity contribution in [1.29, 1.82) is 0 Å². The minimum Gasteiger partial charge on any atom is -0.371 e. The molecule has 1 fully saturated rings. The van der Waals surface area contributed by atoms with E-state index < -0.39 is 0 Å². The fourth-order valence-corrected chi connectivity index (χ4v) is 4.02. The Morgan fingerprint density at radius 2 is 1.80 bits per heavy atom. The van der Waals surface area contributed by atoms with Crippen molar-refractivity contribution in [2.75, 3.05) is 18.4 Å². The molecule has 0 radical (unpaired) electrons. The molecule has 0 aromatic heterocycles. The lowest BCUT2D eigenvalue weighted by atomic mass is 9.84. The highest BCUT2D eigenvalue weighted by Crippen LogP contribution is 2.37. The topological polar surface area (TPSA) is 48.5 Å². The molecule has 0 amide bonds. The predicted octanol–water partition coefficient (Wildman–Crippen LogP) is 4.27. The molecule has 2 heterocycles. The highest BCUT2D eigenvalue weighted by molar-refractivity contribution is 6.31. The van der Waals surface area contributed by atoms with Gasteiger partial charge in [0.1, 0.15) is 5.84 Å². The van der Waals surface area contributed by atoms with Crippen molar-refractivity contribution in [3.05, 3.63) is 59.1 Å². The number of anilines is 1. The second-order valence-corrected chi connectivity index (χ2v) is 7.23. The normalized spacial score (nSPS) is 19.5. The molecule has 2 aliphatic heterocycles. The molecule has 3 N–H and O–H groups in total. The van der Waals surface area contributed by atoms with Crippen LogP contribution >= 0.6 is 11.6 Å². The van der Waals surface area contributed by atoms with Gasteiger partial charge in [0.25, 0.3) is 0 Å². The summed E-state index contributed by atoms with van der Waals surface area (Å²) in [6.45, 7) is 4.10. The Labute approximate surface area is 153 Å². The maximum absolute atomic E-state index is 6.39. The lowest BCUT2D eigenvalue weighted by molar-refractivity contribution is 0.409. The number of nitrogens with zero attached hydrogens (tertiary/aromatic N) is 1. The second-order valence-electron chi connectivity index (χ2n) is 6.82. The van der Waals surface area contributed by atoms with Crippen LogP contribution in [0.5, 0.6) is 0 Å². The lowest BCUT2D eigenvalue weighted by Crippen LogP contribution is -2.59. The zero-order valence-corrected chi connectivity index (χ0v) is 15.1. The third-order valence-corrected chi connectivity index (χ3v) is 5.49. The smallest absolute Gasteiger partial charge is 0.129 e. The van der Waals surface area contributed by atoms with Crippen LogP contribution in [0.2, 0.25) is 5.02 Å². The van der Waals surface area contributed by atoms with Crippen LogP contribution in [-0.2, 0) is 0 Å². The molecule has 4 nitrogen and oxygen atoms in total. The van der Waals surface area contributed by atoms with E-state index in [1.54, 1.807) is 0 Å². The lowest BCUT2D eigenvalue weighted by Gasteiger charge is -2.43. The van der Waals surface area contributed by atoms with E-state index in [0.29, 0.717) is 0 Å². The van der Waals surface area contributed by atoms with Crippen molar-refractivity contribution >= 4 is 28.8 Å². The quantitative estimate of drug-likeness (QED) is 0.754. The average molecular weight is 355 g/mol. The molecule has 2 aromatic carbocycles. The van der Waals surface area contributed by atoms with Crippen molar-refractivity contribution in [3.63, 3.8) is 0 Å². The van der Waals surface area contributed by atoms with Crippen molar-refractivity contribution in [1.82, 2.24) is 10.6 Å². The molecule has 0 bridgehead atoms. The SMILES string of the molecule is CC(NC1=Nc2ccccc2NC12CCNCC2)c1ccccc1Cl. The summed E-state index contributed by atoms with van der Waals surface area (Å²) in [6.07, 6.45) is 2.00. The van der Waals surface area contributed by atoms with Crippen LogP contribution in [-0.4, -0.2) is 24.5 Å². The fourth-order valence-electron chi connectivity index (χ4n) is 3.72. The summed E-state index contributed by atoms with van der Waals surface area (Å²) in [5, 5.41) is 11.7. The predicted molar refractivity (Wildman–Crippen MR) is 105 cm³/mol. The summed E-state index contributed by atoms with van der Waals surface area (Å²) in [6, 6.07) is 16.3. The van der Waals surface area contributed by atoms with E-state index in [0.717, 1.165) is 53.7 Å². The number of fused-ring (bicyclic) bond motifs is 1. The fraction of sp³-hybridized carbons (Fsp3) is 0.350. The van der Waals surface area contributed by atoms with E-state index in [2.05, 4.69) is 47.1 Å². The number of amidine groups is 1. The van der Waals surface area contributed by atoms with Crippen LogP contribution in [0.1, 0.15) is 31.4 Å². The number of hydrogen-bond donors (Lipinski definition) is 3. The summed E-state index contributed by atoms with van der Waals surface area (Å²) in [7, 11) is 0. The zero-order chi connectivity index (χ0) is 17.3. The largest absolute Gasteiger partial charge is 0.371 e. The monoisotopic (exact) mass is 354 g/mol. The van der Waals surface area contributed by atoms with Crippen molar-refractivity contribution in [2.24, 2.45) is 4.99 Å². The van der Waals surface area contributed by atoms with E-state index >= 15 is 0 Å². The minimum absolute atomic E-state index is 0.0891. The number of aliphatic imine (C=N–C) groups is 1. The number of piperidine rings is 1. The minimum atomic E-state index is -0.144. The molecular weight excluding hydrogens is 332 g/mol. The molecule has 2 aliphatic rings. The van der Waals surface area contributed by atoms with Gasteiger partial charge in [-0.3, -0.25) is 0 Å². The molecule has 1 saturated heterocycles. The first-order valence-electron chi connectivity index (χ1n) is 8.86. The molecule has 1 atom stereocenters. The van der Waals surface area contributed by atoms with Gasteiger partial charge in [-0.1, -0.05) is 41.9 Å². The first-order valence-corrected chi connectivity index (χ1v) is 9.24. The maximum Gasteiger partial charge on any atom is 0.129 e. The van der Waals surface area contributed by atoms with Crippen LogP contribution in [0.25, 0.3) is 0 Å². The van der Waals surface area contributed by atoms with Crippen LogP contribution in [0.4, 0.5) is 11.4 Å². The molecule has 4 rings (SSSR count). The number of rotatable bonds is 2. The molecule has 0 aliphatic carbocycles. The van der Waals surface area contributed by atoms with Gasteiger partial charge in [0, 0.05) is 5.02 Å². The number of halogens is 1. The highest BCUT2D eigenvalue weighted by atomic mass is 35.5. The Kier molecular flexibility index (Phi) is 4.40. The summed E-state index contributed by atoms with van der Waals surface area (Å²) >= 11 is 6.39. The summed E-state index contributed by atoms with van der Waals surface area (Å²) in [5.41, 5.74) is 3.05. The molecular formula is C20H23ClN4. The Bertz CT molecular complexity index is 796. The first-order chi connectivity index (χ1) is 12.2. The van der Waals surface area contributed by atoms with Gasteiger partial charge < -0.3 is 16.0 Å². The van der Waals surface area contributed by atoms with Gasteiger partial charge in [-0.2, -0.15) is 0 Å². The third kappa shape index (κ3) is 3.12. The molecule has 1 unspecified atom stereocenters. The maximum atomic E-state index is 6.39. The molecule has 5 heteroatoms. The van der Waals surface area contributed by atoms with Gasteiger partial charge in [-0.25, -0.2) is 4.99 Å². The summed E-state index contributed by atoms with van der Waals surface area (Å²) < 4.78 is 0. The van der Waals surface area contributed by atoms with E-state index in [4.69, 9.17) is 16.6 Å². The highest BCUT2D eigenvalue weighted by Gasteiger charge is 2.40. The van der Waals surface area contributed by atoms with Gasteiger partial charge in [0.15, 0.2) is 0 Å². The van der Waals surface area contributed by atoms with Gasteiger partial charge in [0.2, 0.25) is 0 Å². The van der Waals surface area contributed by atoms with Crippen molar-refractivity contribution < 1.29 is 0 Å². The van der Waals surface area contributed by atoms with E-state index in [-0.39, 0.29) is 11.6 Å². The standard InChI is InChI=1S/C20H23ClN4/c1-14(15-6-2-3-7-16(15)21)23-19-20(10-12-22-13-11-20)25-18-9-5-4-8-17(18)24-19/h2-9,14,22,25H,10-13H2,1H3,(H,23,24). The molecule has 130 valence electrons. The third-order valence-electron chi connectivity index (χ3n) is 5.15. The van der Waals surface area contributed by atoms with E-state index in [1.807, 2.05) is 24.3 Å². The molecule has 1 spiro atoms. The van der Waals surface area contributed by atoms with Crippen molar-refractivity contribution in [2.45, 2.75) is 31.3 Å². The number of nitrogens with one attached hydrogen (secondary N) is 3. The van der Waals surface area contributed by atoms with E-state index in [9.17, 15) is 0 Å². The van der Waals surface area contributed by atoms with Crippen molar-refractivity contribution in [3.8, 4) is 0 Å². The number of para-hydroxylation sites is 2. The summed E-state index contributed by atoms with van der Waals surface area (Å²) in [5.74, 6) is 1.01. The summed E-state index contributed by atoms with van der Waals surface area (Å²) in [4.78, 5) is 4.99. The van der Waals surface area contributed by atoms with Gasteiger partial charge >= 0.3 is 0 Å². The van der Waals surface area contributed by atoms with Gasteiger partial charge in [-0.15, -0.1) is 0 Å². The van der Waals surface area contributed by atoms with Crippen LogP contribution < -0.4 is 16.0 Å². The number of hydrogen-bond acceptors (Lipinski definition) is 4. The second kappa shape index (κ2) is 6.70. The zero-order valence-electron chi connectivity index (χ0n) is 14.3. The van der Waals surface area contributed by atoms with Gasteiger partial charge in [0.05, 0.1) is 23.0 Å². The Morgan fingerprint density at radius 3 is 2.60 bits per heavy atom. The van der Waals surface area contributed by atoms with E-state index in [1.165, 1.54) is 0 Å². The van der Waals surface area contributed by atoms with Gasteiger partial charge in [-0.05, 0) is 56.6 Å². The molecule has 2 aromatic rings. The van der Waals surface area contributed by atoms with Crippen LogP contribution in [0.3, 0.4) is 0 Å². The molecule has 25 heavy (non-hydrogen) atoms. The Hall–Kier alpha value is -2.04. The first kappa shape index (κ1) is 16.4. The van der Waals surface area contributed by atoms with Crippen LogP contribution in [0, 0.1) is 0 Å². The van der Waals surface area contributed by atoms with Crippen LogP contribution in [0.15, 0.2) is 53.5 Å². The average Bonchev–Trinajstić information content (AvgIpc) is 2.63. The Morgan fingerprint density at radius 1 is 1.08 bits per heavy atom.